The SMILES string of the molecule is CCCCCCCC/C=C\CCCCCCCC(=O)OCC(COC(=O)CCCCCCC/C=C\CCCCCCCC)OC(=O)C=CC=CC=CC=CC=CC=CCCCCCCCCC. The zero-order valence-electron chi connectivity index (χ0n) is 43.6. The molecule has 0 N–H and O–H groups in total. The number of carbonyl (C=O) groups is 3. The number of hydrogen-bond donors (Lipinski definition) is 0. The third-order valence-corrected chi connectivity index (χ3v) is 11.8. The van der Waals surface area contributed by atoms with Gasteiger partial charge in [0.05, 0.1) is 0 Å². The summed E-state index contributed by atoms with van der Waals surface area (Å²) in [6.45, 7) is 6.46. The van der Waals surface area contributed by atoms with E-state index in [9.17, 15) is 14.4 Å². The molecule has 382 valence electrons. The lowest BCUT2D eigenvalue weighted by Crippen LogP contribution is -2.30. The Morgan fingerprint density at radius 1 is 0.328 bits per heavy atom. The fourth-order valence-corrected chi connectivity index (χ4v) is 7.56. The molecule has 0 fully saturated rings. The van der Waals surface area contributed by atoms with E-state index in [0.717, 1.165) is 70.6 Å². The van der Waals surface area contributed by atoms with Gasteiger partial charge in [0.15, 0.2) is 6.10 Å². The van der Waals surface area contributed by atoms with E-state index in [4.69, 9.17) is 14.2 Å². The maximum Gasteiger partial charge on any atom is 0.331 e. The number of allylic oxidation sites excluding steroid dienone is 15. The molecule has 0 aromatic rings. The molecule has 0 saturated heterocycles. The highest BCUT2D eigenvalue weighted by atomic mass is 16.6. The molecule has 0 spiro atoms. The summed E-state index contributed by atoms with van der Waals surface area (Å²) in [5, 5.41) is 0. The van der Waals surface area contributed by atoms with Crippen molar-refractivity contribution < 1.29 is 28.6 Å². The van der Waals surface area contributed by atoms with Gasteiger partial charge in [0, 0.05) is 18.9 Å². The van der Waals surface area contributed by atoms with Crippen LogP contribution in [0.4, 0.5) is 0 Å². The summed E-state index contributed by atoms with van der Waals surface area (Å²) in [7, 11) is 0. The van der Waals surface area contributed by atoms with E-state index < -0.39 is 12.1 Å². The highest BCUT2D eigenvalue weighted by Crippen LogP contribution is 2.13. The summed E-state index contributed by atoms with van der Waals surface area (Å²) >= 11 is 0. The number of unbranched alkanes of at least 4 members (excludes halogenated alkanes) is 29. The van der Waals surface area contributed by atoms with Gasteiger partial charge in [-0.1, -0.05) is 253 Å². The number of ether oxygens (including phenoxy) is 3. The van der Waals surface area contributed by atoms with E-state index in [0.29, 0.717) is 12.8 Å². The smallest absolute Gasteiger partial charge is 0.331 e. The second kappa shape index (κ2) is 54.9. The third-order valence-electron chi connectivity index (χ3n) is 11.8. The van der Waals surface area contributed by atoms with Crippen LogP contribution >= 0.6 is 0 Å². The van der Waals surface area contributed by atoms with Crippen LogP contribution in [-0.4, -0.2) is 37.2 Å². The van der Waals surface area contributed by atoms with Crippen molar-refractivity contribution in [2.45, 2.75) is 258 Å². The average Bonchev–Trinajstić information content (AvgIpc) is 3.33. The van der Waals surface area contributed by atoms with Crippen LogP contribution in [0.15, 0.2) is 97.2 Å². The Labute approximate surface area is 413 Å². The number of esters is 3. The first-order valence-electron chi connectivity index (χ1n) is 27.8. The van der Waals surface area contributed by atoms with Crippen molar-refractivity contribution in [3.63, 3.8) is 0 Å². The minimum atomic E-state index is -0.884. The normalized spacial score (nSPS) is 12.4. The van der Waals surface area contributed by atoms with Crippen LogP contribution < -0.4 is 0 Å². The molecule has 0 aliphatic carbocycles. The molecule has 0 radical (unpaired) electrons. The standard InChI is InChI=1S/C61H102O6/c1-4-7-10-13-16-19-22-25-28-29-30-31-34-37-40-43-46-49-52-55-61(64)67-58(56-65-59(62)53-50-47-44-41-38-35-32-26-23-20-17-14-11-8-5-2)57-66-60(63)54-51-48-45-42-39-36-33-27-24-21-18-15-12-9-6-3/h26-34,37,40,43,46,49,52,55,58H,4-25,35-36,38-39,41-42,44-45,47-48,50-51,53-54,56-57H2,1-3H3/b29-28?,31-30?,32-26-,33-27-,37-34?,43-40?,49-46?,55-52?. The van der Waals surface area contributed by atoms with Crippen LogP contribution in [0.25, 0.3) is 0 Å². The molecule has 0 aromatic carbocycles. The van der Waals surface area contributed by atoms with Gasteiger partial charge in [-0.2, -0.15) is 0 Å². The van der Waals surface area contributed by atoms with Crippen molar-refractivity contribution in [1.82, 2.24) is 0 Å². The van der Waals surface area contributed by atoms with Crippen molar-refractivity contribution in [3.8, 4) is 0 Å². The first-order valence-corrected chi connectivity index (χ1v) is 27.8. The molecule has 67 heavy (non-hydrogen) atoms. The monoisotopic (exact) mass is 931 g/mol. The van der Waals surface area contributed by atoms with Gasteiger partial charge in [-0.05, 0) is 77.0 Å². The molecule has 0 aliphatic heterocycles. The quantitative estimate of drug-likeness (QED) is 0.0151. The molecule has 0 amide bonds. The zero-order chi connectivity index (χ0) is 48.6. The predicted molar refractivity (Wildman–Crippen MR) is 288 cm³/mol. The van der Waals surface area contributed by atoms with Crippen molar-refractivity contribution in [1.29, 1.82) is 0 Å². The van der Waals surface area contributed by atoms with Crippen LogP contribution in [0.3, 0.4) is 0 Å². The Balaban J connectivity index is 4.63. The summed E-state index contributed by atoms with van der Waals surface area (Å²) in [6, 6.07) is 0. The highest BCUT2D eigenvalue weighted by molar-refractivity contribution is 5.82. The zero-order valence-corrected chi connectivity index (χ0v) is 43.6. The second-order valence-electron chi connectivity index (χ2n) is 18.3. The minimum absolute atomic E-state index is 0.154. The van der Waals surface area contributed by atoms with Gasteiger partial charge in [-0.25, -0.2) is 4.79 Å². The molecule has 0 bridgehead atoms. The average molecular weight is 931 g/mol. The number of hydrogen-bond acceptors (Lipinski definition) is 6. The van der Waals surface area contributed by atoms with Gasteiger partial charge in [-0.15, -0.1) is 0 Å². The molecule has 0 atom stereocenters. The highest BCUT2D eigenvalue weighted by Gasteiger charge is 2.18. The second-order valence-corrected chi connectivity index (χ2v) is 18.3. The van der Waals surface area contributed by atoms with E-state index in [1.807, 2.05) is 42.5 Å². The molecule has 0 aliphatic rings. The Morgan fingerprint density at radius 3 is 0.970 bits per heavy atom. The summed E-state index contributed by atoms with van der Waals surface area (Å²) in [5.74, 6) is -1.25. The van der Waals surface area contributed by atoms with Gasteiger partial charge in [0.25, 0.3) is 0 Å². The number of carbonyl (C=O) groups excluding carboxylic acids is 3. The molecule has 0 heterocycles. The molecule has 6 heteroatoms. The summed E-state index contributed by atoms with van der Waals surface area (Å²) in [6.07, 6.45) is 73.1. The lowest BCUT2D eigenvalue weighted by Gasteiger charge is -2.17. The van der Waals surface area contributed by atoms with E-state index in [1.165, 1.54) is 154 Å². The van der Waals surface area contributed by atoms with E-state index in [-0.39, 0.29) is 25.2 Å². The van der Waals surface area contributed by atoms with Crippen molar-refractivity contribution in [2.75, 3.05) is 13.2 Å². The first-order chi connectivity index (χ1) is 33.0. The van der Waals surface area contributed by atoms with E-state index in [1.54, 1.807) is 12.2 Å². The van der Waals surface area contributed by atoms with Gasteiger partial charge in [-0.3, -0.25) is 9.59 Å². The molecule has 0 saturated carbocycles. The van der Waals surface area contributed by atoms with Crippen molar-refractivity contribution >= 4 is 17.9 Å². The molecule has 0 aromatic heterocycles. The van der Waals surface area contributed by atoms with Gasteiger partial charge < -0.3 is 14.2 Å². The summed E-state index contributed by atoms with van der Waals surface area (Å²) in [5.41, 5.74) is 0. The molecule has 0 rings (SSSR count). The molecule has 0 unspecified atom stereocenters. The fraction of sp³-hybridized carbons (Fsp3) is 0.689. The Morgan fingerprint density at radius 2 is 0.612 bits per heavy atom. The lowest BCUT2D eigenvalue weighted by molar-refractivity contribution is -0.163. The fourth-order valence-electron chi connectivity index (χ4n) is 7.56. The third kappa shape index (κ3) is 53.2. The van der Waals surface area contributed by atoms with Crippen molar-refractivity contribution in [2.24, 2.45) is 0 Å². The van der Waals surface area contributed by atoms with E-state index >= 15 is 0 Å². The van der Waals surface area contributed by atoms with E-state index in [2.05, 4.69) is 57.2 Å². The Hall–Kier alpha value is -3.67. The predicted octanol–water partition coefficient (Wildman–Crippen LogP) is 18.5. The topological polar surface area (TPSA) is 78.9 Å². The number of rotatable bonds is 49. The minimum Gasteiger partial charge on any atom is -0.462 e. The van der Waals surface area contributed by atoms with Crippen LogP contribution in [0.5, 0.6) is 0 Å². The lowest BCUT2D eigenvalue weighted by atomic mass is 10.1. The maximum atomic E-state index is 12.7. The molecule has 6 nitrogen and oxygen atoms in total. The van der Waals surface area contributed by atoms with Crippen molar-refractivity contribution in [3.05, 3.63) is 97.2 Å². The van der Waals surface area contributed by atoms with Crippen LogP contribution in [0.2, 0.25) is 0 Å². The summed E-state index contributed by atoms with van der Waals surface area (Å²) in [4.78, 5) is 37.9. The van der Waals surface area contributed by atoms with Crippen LogP contribution in [0, 0.1) is 0 Å². The largest absolute Gasteiger partial charge is 0.462 e. The molecular formula is C61H102O6. The first kappa shape index (κ1) is 63.3. The Kier molecular flexibility index (Phi) is 51.9. The Bertz CT molecular complexity index is 1290. The van der Waals surface area contributed by atoms with Gasteiger partial charge in [0.1, 0.15) is 13.2 Å². The van der Waals surface area contributed by atoms with Gasteiger partial charge >= 0.3 is 17.9 Å². The van der Waals surface area contributed by atoms with Crippen LogP contribution in [0.1, 0.15) is 252 Å². The maximum absolute atomic E-state index is 12.7. The van der Waals surface area contributed by atoms with Gasteiger partial charge in [0.2, 0.25) is 0 Å². The summed E-state index contributed by atoms with van der Waals surface area (Å²) < 4.78 is 16.6. The molecular weight excluding hydrogens is 829 g/mol. The van der Waals surface area contributed by atoms with Crippen LogP contribution in [-0.2, 0) is 28.6 Å².